The highest BCUT2D eigenvalue weighted by atomic mass is 35.5. The number of ether oxygens (including phenoxy) is 1. The molecule has 1 fully saturated rings. The van der Waals surface area contributed by atoms with Gasteiger partial charge in [0.15, 0.2) is 0 Å². The summed E-state index contributed by atoms with van der Waals surface area (Å²) in [6.07, 6.45) is 0.300. The Morgan fingerprint density at radius 1 is 1.71 bits per heavy atom. The van der Waals surface area contributed by atoms with Gasteiger partial charge in [-0.25, -0.2) is 0 Å². The number of rotatable bonds is 2. The highest BCUT2D eigenvalue weighted by Gasteiger charge is 2.18. The van der Waals surface area contributed by atoms with Crippen molar-refractivity contribution in [3.63, 3.8) is 0 Å². The van der Waals surface area contributed by atoms with E-state index in [4.69, 9.17) is 16.3 Å². The van der Waals surface area contributed by atoms with Crippen molar-refractivity contribution in [3.8, 4) is 0 Å². The van der Waals surface area contributed by atoms with Crippen molar-refractivity contribution >= 4 is 23.1 Å². The van der Waals surface area contributed by atoms with Crippen LogP contribution in [-0.4, -0.2) is 40.3 Å². The first-order chi connectivity index (χ1) is 6.75. The number of hydrogen-bond donors (Lipinski definition) is 0. The maximum absolute atomic E-state index is 5.93. The van der Waals surface area contributed by atoms with E-state index in [-0.39, 0.29) is 0 Å². The van der Waals surface area contributed by atoms with E-state index >= 15 is 0 Å². The van der Waals surface area contributed by atoms with E-state index in [2.05, 4.69) is 21.4 Å². The maximum Gasteiger partial charge on any atom is 0.138 e. The Morgan fingerprint density at radius 2 is 2.57 bits per heavy atom. The second-order valence-corrected chi connectivity index (χ2v) is 4.77. The molecule has 0 radical (unpaired) electrons. The summed E-state index contributed by atoms with van der Waals surface area (Å²) < 4.78 is 9.96. The third-order valence-corrected chi connectivity index (χ3v) is 3.19. The van der Waals surface area contributed by atoms with E-state index in [1.54, 1.807) is 0 Å². The van der Waals surface area contributed by atoms with Gasteiger partial charge in [-0.2, -0.15) is 0 Å². The Balaban J connectivity index is 1.94. The van der Waals surface area contributed by atoms with Gasteiger partial charge in [0.25, 0.3) is 0 Å². The van der Waals surface area contributed by atoms with E-state index in [1.165, 1.54) is 11.5 Å². The maximum atomic E-state index is 5.93. The first-order valence-corrected chi connectivity index (χ1v) is 5.71. The van der Waals surface area contributed by atoms with Gasteiger partial charge >= 0.3 is 0 Å². The van der Waals surface area contributed by atoms with E-state index in [0.29, 0.717) is 10.4 Å². The van der Waals surface area contributed by atoms with Crippen LogP contribution in [0.25, 0.3) is 0 Å². The van der Waals surface area contributed by atoms with Gasteiger partial charge in [0.05, 0.1) is 12.7 Å². The topological polar surface area (TPSA) is 38.2 Å². The van der Waals surface area contributed by atoms with Gasteiger partial charge in [-0.1, -0.05) is 16.1 Å². The van der Waals surface area contributed by atoms with Crippen molar-refractivity contribution in [2.45, 2.75) is 19.6 Å². The van der Waals surface area contributed by atoms with Crippen molar-refractivity contribution < 1.29 is 4.74 Å². The third-order valence-electron chi connectivity index (χ3n) is 2.21. The Kier molecular flexibility index (Phi) is 3.33. The van der Waals surface area contributed by atoms with Crippen LogP contribution in [0.3, 0.4) is 0 Å². The quantitative estimate of drug-likeness (QED) is 0.774. The lowest BCUT2D eigenvalue weighted by Crippen LogP contribution is -2.40. The highest BCUT2D eigenvalue weighted by molar-refractivity contribution is 7.10. The zero-order valence-electron chi connectivity index (χ0n) is 7.94. The summed E-state index contributed by atoms with van der Waals surface area (Å²) in [5.74, 6) is 0. The van der Waals surface area contributed by atoms with Gasteiger partial charge in [0, 0.05) is 31.2 Å². The Hall–Kier alpha value is -0.230. The predicted molar refractivity (Wildman–Crippen MR) is 55.6 cm³/mol. The van der Waals surface area contributed by atoms with Crippen molar-refractivity contribution in [1.82, 2.24) is 14.5 Å². The lowest BCUT2D eigenvalue weighted by atomic mass is 10.3. The van der Waals surface area contributed by atoms with Crippen LogP contribution >= 0.6 is 23.1 Å². The van der Waals surface area contributed by atoms with Gasteiger partial charge in [0.1, 0.15) is 10.0 Å². The SMILES string of the molecule is C[C@H]1CN(Cc2nnsc2Cl)CCO1. The molecule has 1 aromatic heterocycles. The molecule has 1 saturated heterocycles. The van der Waals surface area contributed by atoms with Crippen molar-refractivity contribution in [3.05, 3.63) is 10.0 Å². The minimum atomic E-state index is 0.300. The van der Waals surface area contributed by atoms with E-state index in [1.807, 2.05) is 0 Å². The van der Waals surface area contributed by atoms with Crippen molar-refractivity contribution in [1.29, 1.82) is 0 Å². The molecule has 2 heterocycles. The summed E-state index contributed by atoms with van der Waals surface area (Å²) in [7, 11) is 0. The number of halogens is 1. The first-order valence-electron chi connectivity index (χ1n) is 4.56. The van der Waals surface area contributed by atoms with E-state index in [9.17, 15) is 0 Å². The number of hydrogen-bond acceptors (Lipinski definition) is 5. The molecule has 0 aromatic carbocycles. The molecule has 14 heavy (non-hydrogen) atoms. The molecule has 0 amide bonds. The summed E-state index contributed by atoms with van der Waals surface area (Å²) in [6.45, 7) is 5.53. The van der Waals surface area contributed by atoms with Gasteiger partial charge in [-0.3, -0.25) is 4.90 Å². The van der Waals surface area contributed by atoms with Crippen LogP contribution in [0.2, 0.25) is 4.34 Å². The first kappa shape index (κ1) is 10.3. The molecule has 6 heteroatoms. The summed E-state index contributed by atoms with van der Waals surface area (Å²) >= 11 is 7.17. The van der Waals surface area contributed by atoms with Crippen LogP contribution in [0.5, 0.6) is 0 Å². The monoisotopic (exact) mass is 233 g/mol. The molecule has 0 saturated carbocycles. The molecule has 0 N–H and O–H groups in total. The summed E-state index contributed by atoms with van der Waals surface area (Å²) in [6, 6.07) is 0. The number of nitrogens with zero attached hydrogens (tertiary/aromatic N) is 3. The fraction of sp³-hybridized carbons (Fsp3) is 0.750. The standard InChI is InChI=1S/C8H12ClN3OS/c1-6-4-12(2-3-13-6)5-7-8(9)14-11-10-7/h6H,2-5H2,1H3/t6-/m0/s1. The zero-order valence-corrected chi connectivity index (χ0v) is 9.51. The van der Waals surface area contributed by atoms with Crippen LogP contribution in [-0.2, 0) is 11.3 Å². The van der Waals surface area contributed by atoms with Crippen LogP contribution in [0.1, 0.15) is 12.6 Å². The summed E-state index contributed by atoms with van der Waals surface area (Å²) in [5.41, 5.74) is 0.880. The predicted octanol–water partition coefficient (Wildman–Crippen LogP) is 1.41. The molecule has 0 aliphatic carbocycles. The largest absolute Gasteiger partial charge is 0.376 e. The molecule has 1 aliphatic rings. The average Bonchev–Trinajstić information content (AvgIpc) is 2.52. The molecule has 1 aromatic rings. The molecule has 2 rings (SSSR count). The fourth-order valence-electron chi connectivity index (χ4n) is 1.54. The molecular formula is C8H12ClN3OS. The van der Waals surface area contributed by atoms with Gasteiger partial charge in [0.2, 0.25) is 0 Å². The van der Waals surface area contributed by atoms with Crippen LogP contribution in [0, 0.1) is 0 Å². The molecule has 1 atom stereocenters. The van der Waals surface area contributed by atoms with Gasteiger partial charge in [-0.05, 0) is 6.92 Å². The Labute approximate surface area is 92.0 Å². The lowest BCUT2D eigenvalue weighted by molar-refractivity contribution is -0.0215. The van der Waals surface area contributed by atoms with Gasteiger partial charge in [-0.15, -0.1) is 5.10 Å². The smallest absolute Gasteiger partial charge is 0.138 e. The molecule has 4 nitrogen and oxygen atoms in total. The summed E-state index contributed by atoms with van der Waals surface area (Å²) in [5, 5.41) is 3.99. The zero-order chi connectivity index (χ0) is 9.97. The Morgan fingerprint density at radius 3 is 3.21 bits per heavy atom. The fourth-order valence-corrected chi connectivity index (χ4v) is 2.15. The minimum Gasteiger partial charge on any atom is -0.376 e. The Bertz CT molecular complexity index is 307. The third kappa shape index (κ3) is 2.42. The second kappa shape index (κ2) is 4.53. The molecule has 1 aliphatic heterocycles. The minimum absolute atomic E-state index is 0.300. The number of morpholine rings is 1. The van der Waals surface area contributed by atoms with Crippen molar-refractivity contribution in [2.75, 3.05) is 19.7 Å². The molecule has 0 spiro atoms. The highest BCUT2D eigenvalue weighted by Crippen LogP contribution is 2.19. The van der Waals surface area contributed by atoms with Gasteiger partial charge < -0.3 is 4.74 Å². The average molecular weight is 234 g/mol. The second-order valence-electron chi connectivity index (χ2n) is 3.41. The normalized spacial score (nSPS) is 24.0. The lowest BCUT2D eigenvalue weighted by Gasteiger charge is -2.30. The van der Waals surface area contributed by atoms with Crippen LogP contribution in [0.15, 0.2) is 0 Å². The summed E-state index contributed by atoms with van der Waals surface area (Å²) in [4.78, 5) is 2.29. The molecule has 0 unspecified atom stereocenters. The van der Waals surface area contributed by atoms with Crippen LogP contribution in [0.4, 0.5) is 0 Å². The molecule has 0 bridgehead atoms. The van der Waals surface area contributed by atoms with E-state index < -0.39 is 0 Å². The van der Waals surface area contributed by atoms with Crippen LogP contribution < -0.4 is 0 Å². The molecule has 78 valence electrons. The van der Waals surface area contributed by atoms with Crippen molar-refractivity contribution in [2.24, 2.45) is 0 Å². The molecular weight excluding hydrogens is 222 g/mol. The van der Waals surface area contributed by atoms with E-state index in [0.717, 1.165) is 31.9 Å². The number of aromatic nitrogens is 2.